The van der Waals surface area contributed by atoms with Crippen molar-refractivity contribution in [3.63, 3.8) is 0 Å². The van der Waals surface area contributed by atoms with Crippen LogP contribution in [0.4, 0.5) is 0 Å². The lowest BCUT2D eigenvalue weighted by atomic mass is 9.88. The van der Waals surface area contributed by atoms with E-state index in [0.717, 1.165) is 6.04 Å². The number of rotatable bonds is 5. The molecule has 1 heterocycles. The first-order chi connectivity index (χ1) is 8.22. The summed E-state index contributed by atoms with van der Waals surface area (Å²) in [6.45, 7) is 9.92. The maximum atomic E-state index is 3.84. The Labute approximate surface area is 107 Å². The van der Waals surface area contributed by atoms with Crippen LogP contribution in [0.1, 0.15) is 58.8 Å². The SMILES string of the molecule is CCCN1CCC(NCC2(C)CCCC2)CC1. The van der Waals surface area contributed by atoms with E-state index in [4.69, 9.17) is 0 Å². The fourth-order valence-corrected chi connectivity index (χ4v) is 3.47. The first-order valence-corrected chi connectivity index (χ1v) is 7.68. The molecular formula is C15H30N2. The van der Waals surface area contributed by atoms with E-state index >= 15 is 0 Å². The molecule has 17 heavy (non-hydrogen) atoms. The molecule has 1 saturated heterocycles. The van der Waals surface area contributed by atoms with Crippen LogP contribution in [0.5, 0.6) is 0 Å². The van der Waals surface area contributed by atoms with Crippen molar-refractivity contribution in [3.05, 3.63) is 0 Å². The third-order valence-electron chi connectivity index (χ3n) is 4.76. The van der Waals surface area contributed by atoms with Gasteiger partial charge in [0.25, 0.3) is 0 Å². The minimum absolute atomic E-state index is 0.612. The van der Waals surface area contributed by atoms with Gasteiger partial charge in [0.05, 0.1) is 0 Å². The average molecular weight is 238 g/mol. The van der Waals surface area contributed by atoms with Crippen LogP contribution in [0.25, 0.3) is 0 Å². The van der Waals surface area contributed by atoms with Crippen molar-refractivity contribution in [2.75, 3.05) is 26.2 Å². The van der Waals surface area contributed by atoms with Crippen molar-refractivity contribution < 1.29 is 0 Å². The topological polar surface area (TPSA) is 15.3 Å². The van der Waals surface area contributed by atoms with Crippen LogP contribution in [0.3, 0.4) is 0 Å². The standard InChI is InChI=1S/C15H30N2/c1-3-10-17-11-6-14(7-12-17)16-13-15(2)8-4-5-9-15/h14,16H,3-13H2,1-2H3. The summed E-state index contributed by atoms with van der Waals surface area (Å²) in [6, 6.07) is 0.792. The van der Waals surface area contributed by atoms with E-state index in [9.17, 15) is 0 Å². The van der Waals surface area contributed by atoms with E-state index in [0.29, 0.717) is 5.41 Å². The van der Waals surface area contributed by atoms with E-state index in [1.165, 1.54) is 71.1 Å². The van der Waals surface area contributed by atoms with E-state index in [-0.39, 0.29) is 0 Å². The molecule has 2 heteroatoms. The van der Waals surface area contributed by atoms with Crippen molar-refractivity contribution in [3.8, 4) is 0 Å². The van der Waals surface area contributed by atoms with Gasteiger partial charge in [-0.15, -0.1) is 0 Å². The number of likely N-dealkylation sites (tertiary alicyclic amines) is 1. The average Bonchev–Trinajstić information content (AvgIpc) is 2.76. The highest BCUT2D eigenvalue weighted by Crippen LogP contribution is 2.36. The quantitative estimate of drug-likeness (QED) is 0.792. The second-order valence-corrected chi connectivity index (χ2v) is 6.51. The zero-order valence-electron chi connectivity index (χ0n) is 11.8. The number of piperidine rings is 1. The zero-order chi connectivity index (χ0) is 12.1. The Morgan fingerprint density at radius 2 is 1.82 bits per heavy atom. The molecule has 0 aromatic heterocycles. The van der Waals surface area contributed by atoms with Gasteiger partial charge in [0.2, 0.25) is 0 Å². The maximum Gasteiger partial charge on any atom is 0.00916 e. The molecule has 100 valence electrons. The van der Waals surface area contributed by atoms with Gasteiger partial charge in [-0.2, -0.15) is 0 Å². The van der Waals surface area contributed by atoms with Gasteiger partial charge in [0, 0.05) is 12.6 Å². The highest BCUT2D eigenvalue weighted by molar-refractivity contribution is 4.85. The largest absolute Gasteiger partial charge is 0.313 e. The van der Waals surface area contributed by atoms with Gasteiger partial charge in [-0.05, 0) is 57.2 Å². The third-order valence-corrected chi connectivity index (χ3v) is 4.76. The molecule has 1 N–H and O–H groups in total. The Balaban J connectivity index is 1.64. The van der Waals surface area contributed by atoms with Crippen LogP contribution in [0.2, 0.25) is 0 Å². The van der Waals surface area contributed by atoms with E-state index in [2.05, 4.69) is 24.1 Å². The van der Waals surface area contributed by atoms with E-state index in [1.807, 2.05) is 0 Å². The molecule has 1 aliphatic carbocycles. The molecular weight excluding hydrogens is 208 g/mol. The second kappa shape index (κ2) is 6.19. The van der Waals surface area contributed by atoms with Crippen molar-refractivity contribution >= 4 is 0 Å². The minimum atomic E-state index is 0.612. The number of nitrogens with one attached hydrogen (secondary N) is 1. The molecule has 2 nitrogen and oxygen atoms in total. The fourth-order valence-electron chi connectivity index (χ4n) is 3.47. The Morgan fingerprint density at radius 1 is 1.18 bits per heavy atom. The zero-order valence-corrected chi connectivity index (χ0v) is 11.8. The van der Waals surface area contributed by atoms with E-state index < -0.39 is 0 Å². The number of nitrogens with zero attached hydrogens (tertiary/aromatic N) is 1. The van der Waals surface area contributed by atoms with Crippen LogP contribution in [0, 0.1) is 5.41 Å². The fraction of sp³-hybridized carbons (Fsp3) is 1.00. The lowest BCUT2D eigenvalue weighted by Crippen LogP contribution is -2.45. The van der Waals surface area contributed by atoms with Gasteiger partial charge in [-0.25, -0.2) is 0 Å². The second-order valence-electron chi connectivity index (χ2n) is 6.51. The molecule has 0 aromatic carbocycles. The highest BCUT2D eigenvalue weighted by atomic mass is 15.1. The molecule has 0 radical (unpaired) electrons. The smallest absolute Gasteiger partial charge is 0.00916 e. The van der Waals surface area contributed by atoms with Crippen molar-refractivity contribution in [2.45, 2.75) is 64.8 Å². The summed E-state index contributed by atoms with van der Waals surface area (Å²) in [5.74, 6) is 0. The van der Waals surface area contributed by atoms with Gasteiger partial charge >= 0.3 is 0 Å². The van der Waals surface area contributed by atoms with Gasteiger partial charge in [0.1, 0.15) is 0 Å². The summed E-state index contributed by atoms with van der Waals surface area (Å²) >= 11 is 0. The normalized spacial score (nSPS) is 26.5. The molecule has 2 fully saturated rings. The first kappa shape index (κ1) is 13.4. The molecule has 2 rings (SSSR count). The summed E-state index contributed by atoms with van der Waals surface area (Å²) < 4.78 is 0. The highest BCUT2D eigenvalue weighted by Gasteiger charge is 2.29. The van der Waals surface area contributed by atoms with Gasteiger partial charge in [0.15, 0.2) is 0 Å². The first-order valence-electron chi connectivity index (χ1n) is 7.68. The Bertz CT molecular complexity index is 213. The molecule has 0 aromatic rings. The monoisotopic (exact) mass is 238 g/mol. The van der Waals surface area contributed by atoms with Crippen LogP contribution >= 0.6 is 0 Å². The van der Waals surface area contributed by atoms with Gasteiger partial charge in [-0.1, -0.05) is 26.7 Å². The predicted octanol–water partition coefficient (Wildman–Crippen LogP) is 3.03. The molecule has 0 bridgehead atoms. The molecule has 2 aliphatic rings. The summed E-state index contributed by atoms with van der Waals surface area (Å²) in [5, 5.41) is 3.84. The molecule has 0 spiro atoms. The number of hydrogen-bond donors (Lipinski definition) is 1. The lowest BCUT2D eigenvalue weighted by molar-refractivity contribution is 0.185. The van der Waals surface area contributed by atoms with Crippen LogP contribution in [0.15, 0.2) is 0 Å². The molecule has 1 aliphatic heterocycles. The summed E-state index contributed by atoms with van der Waals surface area (Å²) in [6.07, 6.45) is 9.80. The van der Waals surface area contributed by atoms with Crippen LogP contribution in [-0.2, 0) is 0 Å². The molecule has 0 atom stereocenters. The van der Waals surface area contributed by atoms with Crippen molar-refractivity contribution in [2.24, 2.45) is 5.41 Å². The van der Waals surface area contributed by atoms with Crippen LogP contribution < -0.4 is 5.32 Å². The molecule has 0 unspecified atom stereocenters. The Kier molecular flexibility index (Phi) is 4.87. The van der Waals surface area contributed by atoms with Crippen molar-refractivity contribution in [1.82, 2.24) is 10.2 Å². The Morgan fingerprint density at radius 3 is 2.41 bits per heavy atom. The summed E-state index contributed by atoms with van der Waals surface area (Å²) in [4.78, 5) is 2.62. The van der Waals surface area contributed by atoms with Gasteiger partial charge in [-0.3, -0.25) is 0 Å². The predicted molar refractivity (Wildman–Crippen MR) is 74.3 cm³/mol. The molecule has 1 saturated carbocycles. The third kappa shape index (κ3) is 3.96. The number of hydrogen-bond acceptors (Lipinski definition) is 2. The van der Waals surface area contributed by atoms with Crippen LogP contribution in [-0.4, -0.2) is 37.1 Å². The summed E-state index contributed by atoms with van der Waals surface area (Å²) in [5.41, 5.74) is 0.612. The maximum absolute atomic E-state index is 3.84. The Hall–Kier alpha value is -0.0800. The lowest BCUT2D eigenvalue weighted by Gasteiger charge is -2.34. The summed E-state index contributed by atoms with van der Waals surface area (Å²) in [7, 11) is 0. The minimum Gasteiger partial charge on any atom is -0.313 e. The van der Waals surface area contributed by atoms with Gasteiger partial charge < -0.3 is 10.2 Å². The molecule has 0 amide bonds. The van der Waals surface area contributed by atoms with E-state index in [1.54, 1.807) is 0 Å². The van der Waals surface area contributed by atoms with Crippen molar-refractivity contribution in [1.29, 1.82) is 0 Å².